The van der Waals surface area contributed by atoms with Gasteiger partial charge >= 0.3 is 0 Å². The lowest BCUT2D eigenvalue weighted by Gasteiger charge is -2.28. The third kappa shape index (κ3) is 4.10. The predicted molar refractivity (Wildman–Crippen MR) is 109 cm³/mol. The molecule has 0 atom stereocenters. The minimum Gasteiger partial charge on any atom is -0.477 e. The van der Waals surface area contributed by atoms with Gasteiger partial charge in [0.15, 0.2) is 20.5 Å². The third-order valence-electron chi connectivity index (χ3n) is 4.48. The van der Waals surface area contributed by atoms with Crippen molar-refractivity contribution >= 4 is 38.2 Å². The maximum Gasteiger partial charge on any atom is 0.232 e. The molecule has 2 aromatic heterocycles. The zero-order valence-corrected chi connectivity index (χ0v) is 17.0. The summed E-state index contributed by atoms with van der Waals surface area (Å²) in [5, 5.41) is 9.79. The Bertz CT molecular complexity index is 1110. The topological polar surface area (TPSA) is 122 Å². The summed E-state index contributed by atoms with van der Waals surface area (Å²) in [4.78, 5) is 11.0. The van der Waals surface area contributed by atoms with Gasteiger partial charge in [0.05, 0.1) is 19.8 Å². The van der Waals surface area contributed by atoms with Crippen molar-refractivity contribution in [2.24, 2.45) is 0 Å². The van der Waals surface area contributed by atoms with Crippen LogP contribution in [0.5, 0.6) is 5.88 Å². The lowest BCUT2D eigenvalue weighted by Crippen LogP contribution is -2.36. The molecule has 1 aliphatic rings. The molecule has 29 heavy (non-hydrogen) atoms. The zero-order chi connectivity index (χ0) is 20.4. The number of benzene rings is 1. The third-order valence-corrected chi connectivity index (χ3v) is 5.48. The minimum atomic E-state index is -3.55. The molecule has 154 valence electrons. The summed E-state index contributed by atoms with van der Waals surface area (Å²) in [6.45, 7) is 5.32. The number of rotatable bonds is 6. The van der Waals surface area contributed by atoms with E-state index in [0.29, 0.717) is 6.61 Å². The Morgan fingerprint density at radius 3 is 2.59 bits per heavy atom. The van der Waals surface area contributed by atoms with E-state index in [1.165, 1.54) is 0 Å². The highest BCUT2D eigenvalue weighted by molar-refractivity contribution is 7.90. The lowest BCUT2D eigenvalue weighted by atomic mass is 10.2. The SMILES string of the molecule is CCOc1nc(Nc2ccc(N3CCOCC3)cc2)nc2[nH]nc(S(C)(=O)=O)c12. The van der Waals surface area contributed by atoms with E-state index in [2.05, 4.69) is 30.4 Å². The van der Waals surface area contributed by atoms with Crippen LogP contribution in [0.3, 0.4) is 0 Å². The number of fused-ring (bicyclic) bond motifs is 1. The van der Waals surface area contributed by atoms with Crippen molar-refractivity contribution in [1.82, 2.24) is 20.2 Å². The number of morpholine rings is 1. The zero-order valence-electron chi connectivity index (χ0n) is 16.2. The van der Waals surface area contributed by atoms with Crippen molar-refractivity contribution in [2.45, 2.75) is 11.9 Å². The Morgan fingerprint density at radius 2 is 1.93 bits per heavy atom. The van der Waals surface area contributed by atoms with Crippen LogP contribution >= 0.6 is 0 Å². The monoisotopic (exact) mass is 418 g/mol. The number of nitrogens with one attached hydrogen (secondary N) is 2. The van der Waals surface area contributed by atoms with Crippen molar-refractivity contribution in [2.75, 3.05) is 49.4 Å². The number of hydrogen-bond donors (Lipinski definition) is 2. The predicted octanol–water partition coefficient (Wildman–Crippen LogP) is 1.74. The molecule has 0 spiro atoms. The molecule has 0 radical (unpaired) electrons. The molecule has 1 saturated heterocycles. The second-order valence-corrected chi connectivity index (χ2v) is 8.51. The molecule has 3 aromatic rings. The molecule has 11 heteroatoms. The number of aromatic amines is 1. The molecule has 2 N–H and O–H groups in total. The lowest BCUT2D eigenvalue weighted by molar-refractivity contribution is 0.122. The van der Waals surface area contributed by atoms with E-state index < -0.39 is 9.84 Å². The van der Waals surface area contributed by atoms with Crippen molar-refractivity contribution in [3.8, 4) is 5.88 Å². The second kappa shape index (κ2) is 7.84. The van der Waals surface area contributed by atoms with Crippen LogP contribution in [0.1, 0.15) is 6.92 Å². The highest BCUT2D eigenvalue weighted by Gasteiger charge is 2.23. The first-order chi connectivity index (χ1) is 14.0. The molecule has 1 fully saturated rings. The van der Waals surface area contributed by atoms with Gasteiger partial charge in [-0.1, -0.05) is 0 Å². The number of ether oxygens (including phenoxy) is 2. The number of nitrogens with zero attached hydrogens (tertiary/aromatic N) is 4. The van der Waals surface area contributed by atoms with Gasteiger partial charge in [0.1, 0.15) is 5.39 Å². The van der Waals surface area contributed by atoms with Crippen LogP contribution in [0.2, 0.25) is 0 Å². The van der Waals surface area contributed by atoms with Crippen molar-refractivity contribution in [1.29, 1.82) is 0 Å². The largest absolute Gasteiger partial charge is 0.477 e. The Morgan fingerprint density at radius 1 is 1.21 bits per heavy atom. The van der Waals surface area contributed by atoms with Gasteiger partial charge in [-0.15, -0.1) is 0 Å². The average Bonchev–Trinajstić information content (AvgIpc) is 3.14. The average molecular weight is 418 g/mol. The summed E-state index contributed by atoms with van der Waals surface area (Å²) in [6.07, 6.45) is 1.08. The summed E-state index contributed by atoms with van der Waals surface area (Å²) >= 11 is 0. The quantitative estimate of drug-likeness (QED) is 0.616. The molecule has 10 nitrogen and oxygen atoms in total. The van der Waals surface area contributed by atoms with Crippen molar-refractivity contribution in [3.05, 3.63) is 24.3 Å². The van der Waals surface area contributed by atoms with Gasteiger partial charge in [-0.2, -0.15) is 15.1 Å². The van der Waals surface area contributed by atoms with Gasteiger partial charge in [-0.05, 0) is 31.2 Å². The normalized spacial score (nSPS) is 14.9. The molecule has 0 amide bonds. The molecule has 1 aromatic carbocycles. The molecule has 3 heterocycles. The van der Waals surface area contributed by atoms with Crippen molar-refractivity contribution in [3.63, 3.8) is 0 Å². The number of aromatic nitrogens is 4. The summed E-state index contributed by atoms with van der Waals surface area (Å²) in [5.74, 6) is 0.447. The molecule has 4 rings (SSSR count). The van der Waals surface area contributed by atoms with E-state index >= 15 is 0 Å². The van der Waals surface area contributed by atoms with E-state index in [9.17, 15) is 8.42 Å². The fourth-order valence-corrected chi connectivity index (χ4v) is 3.91. The molecule has 0 aliphatic carbocycles. The van der Waals surface area contributed by atoms with Gasteiger partial charge in [-0.25, -0.2) is 8.42 Å². The van der Waals surface area contributed by atoms with Gasteiger partial charge in [0.25, 0.3) is 0 Å². The van der Waals surface area contributed by atoms with Crippen LogP contribution in [-0.4, -0.2) is 67.7 Å². The second-order valence-electron chi connectivity index (χ2n) is 6.58. The van der Waals surface area contributed by atoms with E-state index in [1.54, 1.807) is 6.92 Å². The Labute approximate surface area is 168 Å². The molecular formula is C18H22N6O4S. The number of sulfone groups is 1. The van der Waals surface area contributed by atoms with Crippen LogP contribution in [0.4, 0.5) is 17.3 Å². The van der Waals surface area contributed by atoms with Crippen LogP contribution in [0, 0.1) is 0 Å². The minimum absolute atomic E-state index is 0.127. The summed E-state index contributed by atoms with van der Waals surface area (Å²) in [7, 11) is -3.55. The number of anilines is 3. The van der Waals surface area contributed by atoms with Crippen molar-refractivity contribution < 1.29 is 17.9 Å². The standard InChI is InChI=1S/C18H22N6O4S/c1-3-28-16-14-15(22-23-17(14)29(2,25)26)20-18(21-16)19-12-4-6-13(7-5-12)24-8-10-27-11-9-24/h4-7H,3,8-11H2,1-2H3,(H2,19,20,21,22,23). The first kappa shape index (κ1) is 19.4. The summed E-state index contributed by atoms with van der Waals surface area (Å²) in [6, 6.07) is 7.92. The maximum atomic E-state index is 12.0. The Balaban J connectivity index is 1.62. The highest BCUT2D eigenvalue weighted by Crippen LogP contribution is 2.30. The van der Waals surface area contributed by atoms with Crippen LogP contribution in [-0.2, 0) is 14.6 Å². The first-order valence-corrected chi connectivity index (χ1v) is 11.1. The van der Waals surface area contributed by atoms with E-state index in [-0.39, 0.29) is 27.9 Å². The number of H-pyrrole nitrogens is 1. The van der Waals surface area contributed by atoms with Gasteiger partial charge < -0.3 is 19.7 Å². The smallest absolute Gasteiger partial charge is 0.232 e. The molecule has 0 unspecified atom stereocenters. The number of hydrogen-bond acceptors (Lipinski definition) is 9. The van der Waals surface area contributed by atoms with Crippen LogP contribution in [0.15, 0.2) is 29.3 Å². The Hall–Kier alpha value is -2.92. The summed E-state index contributed by atoms with van der Waals surface area (Å²) in [5.41, 5.74) is 2.21. The Kier molecular flexibility index (Phi) is 5.24. The van der Waals surface area contributed by atoms with Gasteiger partial charge in [0, 0.05) is 30.7 Å². The van der Waals surface area contributed by atoms with E-state index in [1.807, 2.05) is 24.3 Å². The fourth-order valence-electron chi connectivity index (χ4n) is 3.15. The van der Waals surface area contributed by atoms with E-state index in [0.717, 1.165) is 43.9 Å². The first-order valence-electron chi connectivity index (χ1n) is 9.24. The maximum absolute atomic E-state index is 12.0. The molecular weight excluding hydrogens is 396 g/mol. The fraction of sp³-hybridized carbons (Fsp3) is 0.389. The molecule has 1 aliphatic heterocycles. The summed E-state index contributed by atoms with van der Waals surface area (Å²) < 4.78 is 34.9. The van der Waals surface area contributed by atoms with Gasteiger partial charge in [-0.3, -0.25) is 5.10 Å². The highest BCUT2D eigenvalue weighted by atomic mass is 32.2. The van der Waals surface area contributed by atoms with Crippen LogP contribution < -0.4 is 15.0 Å². The van der Waals surface area contributed by atoms with E-state index in [4.69, 9.17) is 9.47 Å². The van der Waals surface area contributed by atoms with Gasteiger partial charge in [0.2, 0.25) is 11.8 Å². The molecule has 0 saturated carbocycles. The van der Waals surface area contributed by atoms with Crippen LogP contribution in [0.25, 0.3) is 11.0 Å². The molecule has 0 bridgehead atoms.